The van der Waals surface area contributed by atoms with Gasteiger partial charge in [0.05, 0.1) is 11.5 Å². The molecule has 2 aromatic rings. The second-order valence-electron chi connectivity index (χ2n) is 5.72. The summed E-state index contributed by atoms with van der Waals surface area (Å²) < 4.78 is 5.25. The van der Waals surface area contributed by atoms with E-state index in [9.17, 15) is 10.1 Å². The van der Waals surface area contributed by atoms with E-state index in [4.69, 9.17) is 9.63 Å². The molecule has 8 heteroatoms. The highest BCUT2D eigenvalue weighted by molar-refractivity contribution is 5.58. The van der Waals surface area contributed by atoms with E-state index in [1.54, 1.807) is 12.1 Å². The third-order valence-electron chi connectivity index (χ3n) is 4.11. The standard InChI is InChI=1S/C15H18N4O4/c20-10-11-4-6-18(7-5-11)9-14-16-15(17-23-14)12-2-1-3-13(8-12)19(21)22/h1-3,8,11,20H,4-7,9-10H2. The third kappa shape index (κ3) is 3.72. The number of nitrogens with zero attached hydrogens (tertiary/aromatic N) is 4. The lowest BCUT2D eigenvalue weighted by atomic mass is 9.98. The maximum Gasteiger partial charge on any atom is 0.270 e. The zero-order chi connectivity index (χ0) is 16.2. The molecule has 2 heterocycles. The van der Waals surface area contributed by atoms with Gasteiger partial charge in [-0.05, 0) is 31.8 Å². The summed E-state index contributed by atoms with van der Waals surface area (Å²) in [5.74, 6) is 1.23. The first-order valence-corrected chi connectivity index (χ1v) is 7.56. The molecule has 1 aliphatic heterocycles. The summed E-state index contributed by atoms with van der Waals surface area (Å²) in [5.41, 5.74) is 0.563. The van der Waals surface area contributed by atoms with Gasteiger partial charge in [-0.1, -0.05) is 17.3 Å². The van der Waals surface area contributed by atoms with Crippen molar-refractivity contribution >= 4 is 5.69 Å². The van der Waals surface area contributed by atoms with Crippen LogP contribution in [0, 0.1) is 16.0 Å². The van der Waals surface area contributed by atoms with Crippen LogP contribution in [0.25, 0.3) is 11.4 Å². The van der Waals surface area contributed by atoms with Crippen molar-refractivity contribution < 1.29 is 14.6 Å². The third-order valence-corrected chi connectivity index (χ3v) is 4.11. The average molecular weight is 318 g/mol. The first-order valence-electron chi connectivity index (χ1n) is 7.56. The fraction of sp³-hybridized carbons (Fsp3) is 0.467. The van der Waals surface area contributed by atoms with Gasteiger partial charge in [0.15, 0.2) is 0 Å². The van der Waals surface area contributed by atoms with E-state index in [1.165, 1.54) is 12.1 Å². The predicted octanol–water partition coefficient (Wildman–Crippen LogP) is 1.85. The van der Waals surface area contributed by atoms with Crippen molar-refractivity contribution in [2.24, 2.45) is 5.92 Å². The van der Waals surface area contributed by atoms with Crippen LogP contribution >= 0.6 is 0 Å². The Morgan fingerprint density at radius 3 is 2.87 bits per heavy atom. The van der Waals surface area contributed by atoms with E-state index in [0.717, 1.165) is 25.9 Å². The highest BCUT2D eigenvalue weighted by Gasteiger charge is 2.20. The molecule has 0 saturated carbocycles. The molecule has 0 unspecified atom stereocenters. The molecule has 1 aliphatic rings. The van der Waals surface area contributed by atoms with Gasteiger partial charge in [0.2, 0.25) is 11.7 Å². The van der Waals surface area contributed by atoms with Crippen molar-refractivity contribution in [2.45, 2.75) is 19.4 Å². The molecule has 1 N–H and O–H groups in total. The smallest absolute Gasteiger partial charge is 0.270 e. The minimum atomic E-state index is -0.449. The van der Waals surface area contributed by atoms with Gasteiger partial charge >= 0.3 is 0 Å². The van der Waals surface area contributed by atoms with E-state index in [-0.39, 0.29) is 12.3 Å². The van der Waals surface area contributed by atoms with E-state index in [2.05, 4.69) is 15.0 Å². The van der Waals surface area contributed by atoms with E-state index in [1.807, 2.05) is 0 Å². The lowest BCUT2D eigenvalue weighted by molar-refractivity contribution is -0.384. The minimum Gasteiger partial charge on any atom is -0.396 e. The van der Waals surface area contributed by atoms with Crippen LogP contribution in [0.15, 0.2) is 28.8 Å². The molecule has 0 radical (unpaired) electrons. The minimum absolute atomic E-state index is 0.0000687. The molecule has 3 rings (SSSR count). The van der Waals surface area contributed by atoms with Crippen molar-refractivity contribution in [1.82, 2.24) is 15.0 Å². The topological polar surface area (TPSA) is 106 Å². The van der Waals surface area contributed by atoms with Crippen LogP contribution in [-0.4, -0.2) is 44.8 Å². The molecule has 8 nitrogen and oxygen atoms in total. The molecule has 23 heavy (non-hydrogen) atoms. The molecular formula is C15H18N4O4. The number of benzene rings is 1. The lowest BCUT2D eigenvalue weighted by Gasteiger charge is -2.29. The van der Waals surface area contributed by atoms with Crippen molar-refractivity contribution in [3.05, 3.63) is 40.3 Å². The Balaban J connectivity index is 1.66. The maximum absolute atomic E-state index is 10.8. The largest absolute Gasteiger partial charge is 0.396 e. The van der Waals surface area contributed by atoms with Crippen LogP contribution in [0.1, 0.15) is 18.7 Å². The van der Waals surface area contributed by atoms with Crippen LogP contribution in [-0.2, 0) is 6.54 Å². The molecule has 1 fully saturated rings. The Labute approximate surface area is 132 Å². The second kappa shape index (κ2) is 6.84. The number of hydrogen-bond donors (Lipinski definition) is 1. The van der Waals surface area contributed by atoms with Gasteiger partial charge in [-0.2, -0.15) is 4.98 Å². The molecule has 0 bridgehead atoms. The summed E-state index contributed by atoms with van der Waals surface area (Å²) in [6.45, 7) is 2.57. The number of hydrogen-bond acceptors (Lipinski definition) is 7. The highest BCUT2D eigenvalue weighted by Crippen LogP contribution is 2.22. The van der Waals surface area contributed by atoms with Gasteiger partial charge in [-0.15, -0.1) is 0 Å². The van der Waals surface area contributed by atoms with Crippen LogP contribution in [0.2, 0.25) is 0 Å². The van der Waals surface area contributed by atoms with Crippen molar-refractivity contribution in [3.8, 4) is 11.4 Å². The summed E-state index contributed by atoms with van der Waals surface area (Å²) in [5, 5.41) is 23.9. The molecule has 0 spiro atoms. The lowest BCUT2D eigenvalue weighted by Crippen LogP contribution is -2.34. The Morgan fingerprint density at radius 2 is 2.17 bits per heavy atom. The van der Waals surface area contributed by atoms with Crippen LogP contribution in [0.5, 0.6) is 0 Å². The zero-order valence-corrected chi connectivity index (χ0v) is 12.6. The summed E-state index contributed by atoms with van der Waals surface area (Å²) in [6, 6.07) is 6.18. The highest BCUT2D eigenvalue weighted by atomic mass is 16.6. The maximum atomic E-state index is 10.8. The van der Waals surface area contributed by atoms with Gasteiger partial charge in [0.1, 0.15) is 0 Å². The number of piperidine rings is 1. The van der Waals surface area contributed by atoms with Gasteiger partial charge in [-0.3, -0.25) is 15.0 Å². The number of aliphatic hydroxyl groups excluding tert-OH is 1. The Morgan fingerprint density at radius 1 is 1.39 bits per heavy atom. The number of nitro benzene ring substituents is 1. The van der Waals surface area contributed by atoms with Crippen molar-refractivity contribution in [3.63, 3.8) is 0 Å². The van der Waals surface area contributed by atoms with E-state index in [0.29, 0.717) is 29.7 Å². The van der Waals surface area contributed by atoms with Gasteiger partial charge in [0.25, 0.3) is 5.69 Å². The fourth-order valence-corrected chi connectivity index (χ4v) is 2.71. The molecule has 1 saturated heterocycles. The van der Waals surface area contributed by atoms with Gasteiger partial charge < -0.3 is 9.63 Å². The molecule has 1 aromatic heterocycles. The monoisotopic (exact) mass is 318 g/mol. The summed E-state index contributed by atoms with van der Waals surface area (Å²) in [6.07, 6.45) is 1.92. The number of nitro groups is 1. The number of non-ortho nitro benzene ring substituents is 1. The van der Waals surface area contributed by atoms with Crippen molar-refractivity contribution in [2.75, 3.05) is 19.7 Å². The van der Waals surface area contributed by atoms with Crippen LogP contribution in [0.3, 0.4) is 0 Å². The molecule has 0 atom stereocenters. The predicted molar refractivity (Wildman–Crippen MR) is 81.5 cm³/mol. The first kappa shape index (κ1) is 15.6. The number of likely N-dealkylation sites (tertiary alicyclic amines) is 1. The quantitative estimate of drug-likeness (QED) is 0.662. The van der Waals surface area contributed by atoms with E-state index < -0.39 is 4.92 Å². The average Bonchev–Trinajstić information content (AvgIpc) is 3.04. The molecule has 122 valence electrons. The Hall–Kier alpha value is -2.32. The molecule has 0 amide bonds. The van der Waals surface area contributed by atoms with Crippen LogP contribution < -0.4 is 0 Å². The van der Waals surface area contributed by atoms with E-state index >= 15 is 0 Å². The SMILES string of the molecule is O=[N+]([O-])c1cccc(-c2noc(CN3CCC(CO)CC3)n2)c1. The second-order valence-corrected chi connectivity index (χ2v) is 5.72. The van der Waals surface area contributed by atoms with Crippen molar-refractivity contribution in [1.29, 1.82) is 0 Å². The zero-order valence-electron chi connectivity index (χ0n) is 12.6. The number of aromatic nitrogens is 2. The molecular weight excluding hydrogens is 300 g/mol. The Bertz CT molecular complexity index is 680. The van der Waals surface area contributed by atoms with Gasteiger partial charge in [-0.25, -0.2) is 0 Å². The van der Waals surface area contributed by atoms with Gasteiger partial charge in [0, 0.05) is 24.3 Å². The first-order chi connectivity index (χ1) is 11.2. The normalized spacial score (nSPS) is 16.6. The molecule has 0 aliphatic carbocycles. The summed E-state index contributed by atoms with van der Waals surface area (Å²) in [7, 11) is 0. The number of aliphatic hydroxyl groups is 1. The summed E-state index contributed by atoms with van der Waals surface area (Å²) in [4.78, 5) is 16.9. The Kier molecular flexibility index (Phi) is 4.63. The fourth-order valence-electron chi connectivity index (χ4n) is 2.71. The molecule has 1 aromatic carbocycles. The van der Waals surface area contributed by atoms with Crippen LogP contribution in [0.4, 0.5) is 5.69 Å². The summed E-state index contributed by atoms with van der Waals surface area (Å²) >= 11 is 0. The number of rotatable bonds is 5.